The van der Waals surface area contributed by atoms with Crippen LogP contribution in [0.1, 0.15) is 47.0 Å². The first kappa shape index (κ1) is 11.8. The van der Waals surface area contributed by atoms with Crippen molar-refractivity contribution in [2.24, 2.45) is 0 Å². The van der Waals surface area contributed by atoms with E-state index in [4.69, 9.17) is 0 Å². The Balaban J connectivity index is 4.26. The summed E-state index contributed by atoms with van der Waals surface area (Å²) in [6.45, 7) is 10.4. The molecule has 0 aromatic carbocycles. The fourth-order valence-corrected chi connectivity index (χ4v) is 3.01. The quantitative estimate of drug-likeness (QED) is 0.686. The van der Waals surface area contributed by atoms with Crippen molar-refractivity contribution < 1.29 is 0 Å². The van der Waals surface area contributed by atoms with Crippen LogP contribution in [-0.4, -0.2) is 38.0 Å². The molecular formula is C9H20NSn. The molecule has 0 saturated heterocycles. The van der Waals surface area contributed by atoms with Crippen LogP contribution in [0.2, 0.25) is 0 Å². The maximum absolute atomic E-state index is 2.57. The van der Waals surface area contributed by atoms with E-state index < -0.39 is 0 Å². The van der Waals surface area contributed by atoms with Gasteiger partial charge in [-0.15, -0.1) is 0 Å². The Bertz CT molecular complexity index is 91.5. The zero-order valence-electron chi connectivity index (χ0n) is 8.28. The van der Waals surface area contributed by atoms with Gasteiger partial charge in [-0.2, -0.15) is 0 Å². The Kier molecular flexibility index (Phi) is 5.79. The molecule has 0 aliphatic heterocycles. The van der Waals surface area contributed by atoms with Crippen LogP contribution in [-0.2, 0) is 0 Å². The first-order valence-corrected chi connectivity index (χ1v) is 5.93. The second kappa shape index (κ2) is 5.41. The summed E-state index contributed by atoms with van der Waals surface area (Å²) >= 11 is 1.57. The van der Waals surface area contributed by atoms with E-state index in [1.54, 1.807) is 22.8 Å². The normalized spacial score (nSPS) is 12.5. The molecule has 11 heavy (non-hydrogen) atoms. The first-order chi connectivity index (χ1) is 5.16. The van der Waals surface area contributed by atoms with E-state index in [0.29, 0.717) is 5.54 Å². The van der Waals surface area contributed by atoms with Gasteiger partial charge in [0.1, 0.15) is 0 Å². The third-order valence-corrected chi connectivity index (χ3v) is 5.12. The number of nitrogens with zero attached hydrogens (tertiary/aromatic N) is 1. The standard InChI is InChI=1S/C9H20N.Sn/c1-5-9(6-2,7-3)10-8-4;/h5-8H2,1-4H3;/q-1;+1. The molecule has 0 spiro atoms. The Hall–Kier alpha value is 0.759. The Morgan fingerprint density at radius 1 is 1.00 bits per heavy atom. The predicted molar refractivity (Wildman–Crippen MR) is 51.7 cm³/mol. The van der Waals surface area contributed by atoms with Crippen molar-refractivity contribution >= 4 is 22.8 Å². The van der Waals surface area contributed by atoms with Gasteiger partial charge in [-0.1, -0.05) is 0 Å². The molecule has 0 amide bonds. The van der Waals surface area contributed by atoms with Gasteiger partial charge in [0.25, 0.3) is 0 Å². The SMILES string of the molecule is CC[N]([Sn])C(CC)(CC)CC. The molecular weight excluding hydrogens is 241 g/mol. The molecule has 0 N–H and O–H groups in total. The van der Waals surface area contributed by atoms with E-state index in [1.807, 2.05) is 0 Å². The van der Waals surface area contributed by atoms with E-state index in [1.165, 1.54) is 25.8 Å². The van der Waals surface area contributed by atoms with Crippen LogP contribution < -0.4 is 0 Å². The second-order valence-corrected chi connectivity index (χ2v) is 4.57. The summed E-state index contributed by atoms with van der Waals surface area (Å²) < 4.78 is 2.57. The van der Waals surface area contributed by atoms with Crippen LogP contribution in [0.5, 0.6) is 0 Å². The predicted octanol–water partition coefficient (Wildman–Crippen LogP) is 2.36. The first-order valence-electron chi connectivity index (χ1n) is 4.65. The van der Waals surface area contributed by atoms with Crippen molar-refractivity contribution in [2.75, 3.05) is 6.54 Å². The van der Waals surface area contributed by atoms with Gasteiger partial charge in [-0.25, -0.2) is 0 Å². The van der Waals surface area contributed by atoms with Crippen LogP contribution in [0.3, 0.4) is 0 Å². The van der Waals surface area contributed by atoms with E-state index in [9.17, 15) is 0 Å². The summed E-state index contributed by atoms with van der Waals surface area (Å²) in [6.07, 6.45) is 3.87. The molecule has 0 unspecified atom stereocenters. The molecule has 0 aromatic rings. The van der Waals surface area contributed by atoms with Crippen LogP contribution >= 0.6 is 0 Å². The molecule has 0 heterocycles. The molecule has 0 bridgehead atoms. The molecule has 3 radical (unpaired) electrons. The van der Waals surface area contributed by atoms with Crippen molar-refractivity contribution in [3.63, 3.8) is 0 Å². The summed E-state index contributed by atoms with van der Waals surface area (Å²) in [5.41, 5.74) is 0.507. The molecule has 0 aromatic heterocycles. The molecule has 0 aliphatic rings. The van der Waals surface area contributed by atoms with Crippen LogP contribution in [0.15, 0.2) is 0 Å². The summed E-state index contributed by atoms with van der Waals surface area (Å²) in [4.78, 5) is 0. The van der Waals surface area contributed by atoms with E-state index >= 15 is 0 Å². The molecule has 0 aliphatic carbocycles. The summed E-state index contributed by atoms with van der Waals surface area (Å²) in [5, 5.41) is 0. The molecule has 0 fully saturated rings. The third-order valence-electron chi connectivity index (χ3n) is 2.86. The molecule has 0 atom stereocenters. The monoisotopic (exact) mass is 262 g/mol. The summed E-state index contributed by atoms with van der Waals surface area (Å²) in [5.74, 6) is 0. The van der Waals surface area contributed by atoms with Gasteiger partial charge in [0, 0.05) is 0 Å². The number of hydrogen-bond acceptors (Lipinski definition) is 1. The Morgan fingerprint density at radius 3 is 1.45 bits per heavy atom. The van der Waals surface area contributed by atoms with Gasteiger partial charge in [-0.3, -0.25) is 0 Å². The fourth-order valence-electron chi connectivity index (χ4n) is 1.66. The van der Waals surface area contributed by atoms with Crippen LogP contribution in [0.25, 0.3) is 0 Å². The van der Waals surface area contributed by atoms with Gasteiger partial charge in [-0.05, 0) is 0 Å². The molecule has 0 rings (SSSR count). The average Bonchev–Trinajstić information content (AvgIpc) is 2.08. The topological polar surface area (TPSA) is 3.24 Å². The maximum atomic E-state index is 2.57. The average molecular weight is 261 g/mol. The van der Waals surface area contributed by atoms with E-state index in [0.717, 1.165) is 0 Å². The Labute approximate surface area is 85.0 Å². The zero-order valence-corrected chi connectivity index (χ0v) is 11.1. The van der Waals surface area contributed by atoms with Gasteiger partial charge < -0.3 is 0 Å². The molecule has 0 saturated carbocycles. The minimum absolute atomic E-state index is 0.507. The minimum atomic E-state index is 0.507. The zero-order chi connectivity index (χ0) is 8.91. The van der Waals surface area contributed by atoms with Crippen molar-refractivity contribution in [2.45, 2.75) is 52.5 Å². The Morgan fingerprint density at radius 2 is 1.36 bits per heavy atom. The number of rotatable bonds is 5. The third kappa shape index (κ3) is 2.62. The van der Waals surface area contributed by atoms with E-state index in [2.05, 4.69) is 30.8 Å². The van der Waals surface area contributed by atoms with Crippen molar-refractivity contribution in [1.29, 1.82) is 0 Å². The summed E-state index contributed by atoms with van der Waals surface area (Å²) in [6, 6.07) is 0. The van der Waals surface area contributed by atoms with Gasteiger partial charge in [0.15, 0.2) is 0 Å². The molecule has 1 nitrogen and oxygen atoms in total. The van der Waals surface area contributed by atoms with Gasteiger partial charge in [0.2, 0.25) is 0 Å². The van der Waals surface area contributed by atoms with Crippen LogP contribution in [0, 0.1) is 0 Å². The molecule has 65 valence electrons. The van der Waals surface area contributed by atoms with Crippen LogP contribution in [0.4, 0.5) is 0 Å². The van der Waals surface area contributed by atoms with Gasteiger partial charge >= 0.3 is 85.0 Å². The van der Waals surface area contributed by atoms with E-state index in [-0.39, 0.29) is 0 Å². The van der Waals surface area contributed by atoms with Gasteiger partial charge in [0.05, 0.1) is 0 Å². The van der Waals surface area contributed by atoms with Crippen molar-refractivity contribution in [3.05, 3.63) is 0 Å². The number of hydrogen-bond donors (Lipinski definition) is 0. The molecule has 2 heteroatoms. The fraction of sp³-hybridized carbons (Fsp3) is 1.00. The van der Waals surface area contributed by atoms with Crippen molar-refractivity contribution in [3.8, 4) is 0 Å². The second-order valence-electron chi connectivity index (χ2n) is 3.03. The van der Waals surface area contributed by atoms with Crippen molar-refractivity contribution in [1.82, 2.24) is 3.12 Å². The summed E-state index contributed by atoms with van der Waals surface area (Å²) in [7, 11) is 0.